The summed E-state index contributed by atoms with van der Waals surface area (Å²) < 4.78 is 6.32. The average molecular weight is 443 g/mol. The second-order valence-electron chi connectivity index (χ2n) is 4.53. The topological polar surface area (TPSA) is 9.23 Å². The third-order valence-corrected chi connectivity index (χ3v) is 25.9. The second kappa shape index (κ2) is 9.53. The Labute approximate surface area is 152 Å². The molecule has 1 aromatic carbocycles. The van der Waals surface area contributed by atoms with E-state index in [-0.39, 0.29) is 0 Å². The molecule has 0 heterocycles. The van der Waals surface area contributed by atoms with Gasteiger partial charge in [-0.25, -0.2) is 0 Å². The Balaban J connectivity index is 1.54. The Morgan fingerprint density at radius 3 is 1.91 bits per heavy atom. The van der Waals surface area contributed by atoms with Crippen LogP contribution in [0.5, 0.6) is 5.75 Å². The molecule has 0 atom stereocenters. The van der Waals surface area contributed by atoms with Gasteiger partial charge < -0.3 is 0 Å². The van der Waals surface area contributed by atoms with Crippen molar-refractivity contribution in [3.8, 4) is 5.75 Å². The van der Waals surface area contributed by atoms with Crippen LogP contribution in [0.15, 0.2) is 76.6 Å². The van der Waals surface area contributed by atoms with Gasteiger partial charge in [0, 0.05) is 0 Å². The average Bonchev–Trinajstić information content (AvgIpc) is 3.24. The third kappa shape index (κ3) is 5.72. The molecule has 0 spiro atoms. The Kier molecular flexibility index (Phi) is 7.41. The maximum absolute atomic E-state index is 6.32. The van der Waals surface area contributed by atoms with Crippen LogP contribution < -0.4 is 2.81 Å². The molecule has 22 heavy (non-hydrogen) atoms. The zero-order chi connectivity index (χ0) is 15.0. The van der Waals surface area contributed by atoms with Crippen molar-refractivity contribution in [2.45, 2.75) is 12.8 Å². The first-order valence-electron chi connectivity index (χ1n) is 6.90. The standard InChI is InChI=1S/C6H6O.2C5H6S2.Zr/c7-6-4-2-1-3-5-6;2*6-7-5-3-1-2-4-5;/h1-5,7H;2*1-3,6H,4H2;/q;;;+3/p-3. The molecule has 6 heteroatoms. The zero-order valence-electron chi connectivity index (χ0n) is 11.8. The summed E-state index contributed by atoms with van der Waals surface area (Å²) in [4.78, 5) is 2.87. The second-order valence-corrected chi connectivity index (χ2v) is 23.3. The van der Waals surface area contributed by atoms with Crippen molar-refractivity contribution in [2.24, 2.45) is 0 Å². The van der Waals surface area contributed by atoms with E-state index in [2.05, 4.69) is 48.6 Å². The third-order valence-electron chi connectivity index (χ3n) is 2.85. The SMILES string of the molecule is C1=CCC(S[S][Zr]([O]c2ccccc2)[S]SC2=CC=CC2)=C1. The minimum atomic E-state index is -2.08. The summed E-state index contributed by atoms with van der Waals surface area (Å²) in [5.74, 6) is 1.01. The molecule has 113 valence electrons. The molecule has 0 radical (unpaired) electrons. The molecule has 3 rings (SSSR count). The number of rotatable bonds is 8. The van der Waals surface area contributed by atoms with Crippen LogP contribution in [0.2, 0.25) is 0 Å². The van der Waals surface area contributed by atoms with E-state index in [9.17, 15) is 0 Å². The van der Waals surface area contributed by atoms with E-state index in [0.717, 1.165) is 18.6 Å². The molecule has 1 nitrogen and oxygen atoms in total. The van der Waals surface area contributed by atoms with Crippen molar-refractivity contribution in [3.05, 3.63) is 76.6 Å². The molecule has 1 aromatic rings. The van der Waals surface area contributed by atoms with Gasteiger partial charge in [-0.05, 0) is 0 Å². The molecule has 0 saturated heterocycles. The summed E-state index contributed by atoms with van der Waals surface area (Å²) in [5.41, 5.74) is 0. The van der Waals surface area contributed by atoms with Gasteiger partial charge in [-0.1, -0.05) is 0 Å². The quantitative estimate of drug-likeness (QED) is 0.405. The summed E-state index contributed by atoms with van der Waals surface area (Å²) in [6.45, 7) is 0. The van der Waals surface area contributed by atoms with E-state index in [1.54, 1.807) is 0 Å². The molecule has 0 fully saturated rings. The molecule has 0 N–H and O–H groups in total. The van der Waals surface area contributed by atoms with Crippen LogP contribution in [0.4, 0.5) is 0 Å². The molecular weight excluding hydrogens is 428 g/mol. The Bertz CT molecular complexity index is 576. The van der Waals surface area contributed by atoms with Gasteiger partial charge in [0.1, 0.15) is 0 Å². The van der Waals surface area contributed by atoms with E-state index >= 15 is 0 Å². The van der Waals surface area contributed by atoms with Crippen LogP contribution in [0.25, 0.3) is 0 Å². The molecule has 0 aliphatic heterocycles. The minimum absolute atomic E-state index is 1.01. The summed E-state index contributed by atoms with van der Waals surface area (Å²) in [5, 5.41) is 0. The molecule has 2 aliphatic carbocycles. The predicted octanol–water partition coefficient (Wildman–Crippen LogP) is 6.88. The Morgan fingerprint density at radius 1 is 0.818 bits per heavy atom. The van der Waals surface area contributed by atoms with Crippen molar-refractivity contribution < 1.29 is 22.1 Å². The van der Waals surface area contributed by atoms with E-state index in [1.807, 2.05) is 54.9 Å². The predicted molar refractivity (Wildman–Crippen MR) is 101 cm³/mol. The fourth-order valence-corrected chi connectivity index (χ4v) is 26.3. The van der Waals surface area contributed by atoms with Gasteiger partial charge >= 0.3 is 154 Å². The number of hydrogen-bond donors (Lipinski definition) is 0. The van der Waals surface area contributed by atoms with Crippen molar-refractivity contribution in [1.29, 1.82) is 0 Å². The molecule has 0 aromatic heterocycles. The first kappa shape index (κ1) is 17.1. The van der Waals surface area contributed by atoms with Crippen LogP contribution >= 0.6 is 36.7 Å². The van der Waals surface area contributed by atoms with E-state index in [4.69, 9.17) is 2.81 Å². The molecule has 0 saturated carbocycles. The van der Waals surface area contributed by atoms with Crippen LogP contribution in [0, 0.1) is 0 Å². The van der Waals surface area contributed by atoms with Gasteiger partial charge in [-0.2, -0.15) is 0 Å². The monoisotopic (exact) mass is 441 g/mol. The van der Waals surface area contributed by atoms with Gasteiger partial charge in [-0.3, -0.25) is 0 Å². The summed E-state index contributed by atoms with van der Waals surface area (Å²) in [6, 6.07) is 10.2. The van der Waals surface area contributed by atoms with E-state index in [1.165, 1.54) is 9.81 Å². The Hall–Kier alpha value is 0.263. The van der Waals surface area contributed by atoms with Crippen LogP contribution in [-0.4, -0.2) is 0 Å². The fourth-order valence-electron chi connectivity index (χ4n) is 1.79. The number of para-hydroxylation sites is 1. The van der Waals surface area contributed by atoms with Gasteiger partial charge in [-0.15, -0.1) is 0 Å². The summed E-state index contributed by atoms with van der Waals surface area (Å²) >= 11 is -2.08. The van der Waals surface area contributed by atoms with Gasteiger partial charge in [0.15, 0.2) is 0 Å². The van der Waals surface area contributed by atoms with Crippen molar-refractivity contribution in [2.75, 3.05) is 0 Å². The number of benzene rings is 1. The summed E-state index contributed by atoms with van der Waals surface area (Å²) in [6.07, 6.45) is 15.3. The number of allylic oxidation sites excluding steroid dienone is 8. The van der Waals surface area contributed by atoms with E-state index in [0.29, 0.717) is 0 Å². The maximum atomic E-state index is 6.32. The first-order chi connectivity index (χ1) is 10.9. The van der Waals surface area contributed by atoms with Crippen molar-refractivity contribution in [1.82, 2.24) is 0 Å². The van der Waals surface area contributed by atoms with Gasteiger partial charge in [0.05, 0.1) is 0 Å². The van der Waals surface area contributed by atoms with Gasteiger partial charge in [0.2, 0.25) is 0 Å². The number of hydrogen-bond acceptors (Lipinski definition) is 5. The molecule has 0 amide bonds. The van der Waals surface area contributed by atoms with Crippen LogP contribution in [0.1, 0.15) is 12.8 Å². The first-order valence-corrected chi connectivity index (χ1v) is 18.2. The fraction of sp³-hybridized carbons (Fsp3) is 0.125. The zero-order valence-corrected chi connectivity index (χ0v) is 17.5. The Morgan fingerprint density at radius 2 is 1.41 bits per heavy atom. The molecule has 0 bridgehead atoms. The molecule has 2 aliphatic rings. The van der Waals surface area contributed by atoms with Crippen LogP contribution in [-0.2, 0) is 19.3 Å². The summed E-state index contributed by atoms with van der Waals surface area (Å²) in [7, 11) is 7.75. The normalized spacial score (nSPS) is 15.8. The van der Waals surface area contributed by atoms with Crippen molar-refractivity contribution >= 4 is 36.7 Å². The van der Waals surface area contributed by atoms with Crippen molar-refractivity contribution in [3.63, 3.8) is 0 Å². The molecular formula is C16H15OS4Zr. The molecule has 0 unspecified atom stereocenters. The van der Waals surface area contributed by atoms with E-state index < -0.39 is 19.3 Å². The van der Waals surface area contributed by atoms with Crippen LogP contribution in [0.3, 0.4) is 0 Å². The van der Waals surface area contributed by atoms with Gasteiger partial charge in [0.25, 0.3) is 0 Å².